The van der Waals surface area contributed by atoms with Crippen molar-refractivity contribution in [1.29, 1.82) is 0 Å². The van der Waals surface area contributed by atoms with E-state index < -0.39 is 12.0 Å². The molecule has 0 aliphatic carbocycles. The summed E-state index contributed by atoms with van der Waals surface area (Å²) in [7, 11) is 1.30. The monoisotopic (exact) mass is 378 g/mol. The highest BCUT2D eigenvalue weighted by atomic mass is 35.5. The second-order valence-corrected chi connectivity index (χ2v) is 5.53. The normalized spacial score (nSPS) is 11.0. The van der Waals surface area contributed by atoms with Crippen LogP contribution in [0.3, 0.4) is 0 Å². The lowest BCUT2D eigenvalue weighted by Gasteiger charge is -2.13. The molecule has 0 bridgehead atoms. The second-order valence-electron chi connectivity index (χ2n) is 5.53. The van der Waals surface area contributed by atoms with Gasteiger partial charge in [-0.25, -0.2) is 4.79 Å². The Bertz CT molecular complexity index is 710. The van der Waals surface area contributed by atoms with Gasteiger partial charge in [-0.3, -0.25) is 4.79 Å². The molecule has 26 heavy (non-hydrogen) atoms. The number of ether oxygens (including phenoxy) is 2. The lowest BCUT2D eigenvalue weighted by molar-refractivity contribution is -0.142. The topological polar surface area (TPSA) is 90.6 Å². The van der Waals surface area contributed by atoms with Crippen LogP contribution in [0.25, 0.3) is 0 Å². The summed E-state index contributed by atoms with van der Waals surface area (Å²) in [5, 5.41) is 2.81. The van der Waals surface area contributed by atoms with E-state index >= 15 is 0 Å². The molecule has 2 aromatic carbocycles. The van der Waals surface area contributed by atoms with Crippen LogP contribution in [-0.4, -0.2) is 31.6 Å². The summed E-state index contributed by atoms with van der Waals surface area (Å²) in [6.07, 6.45) is 0.481. The number of carbonyl (C=O) groups excluding carboxylic acids is 2. The minimum absolute atomic E-state index is 0. The number of esters is 1. The van der Waals surface area contributed by atoms with Gasteiger partial charge >= 0.3 is 5.97 Å². The van der Waals surface area contributed by atoms with Crippen molar-refractivity contribution in [3.63, 3.8) is 0 Å². The van der Waals surface area contributed by atoms with Gasteiger partial charge in [-0.05, 0) is 29.7 Å². The van der Waals surface area contributed by atoms with E-state index in [9.17, 15) is 9.59 Å². The molecule has 0 spiro atoms. The Morgan fingerprint density at radius 1 is 1.08 bits per heavy atom. The van der Waals surface area contributed by atoms with Crippen LogP contribution in [0.1, 0.15) is 11.1 Å². The zero-order valence-electron chi connectivity index (χ0n) is 14.5. The summed E-state index contributed by atoms with van der Waals surface area (Å²) in [5.74, 6) is -0.138. The second kappa shape index (κ2) is 11.1. The van der Waals surface area contributed by atoms with Gasteiger partial charge in [0.25, 0.3) is 0 Å². The van der Waals surface area contributed by atoms with Crippen LogP contribution in [0.15, 0.2) is 54.6 Å². The third kappa shape index (κ3) is 7.13. The highest BCUT2D eigenvalue weighted by molar-refractivity contribution is 5.85. The van der Waals surface area contributed by atoms with Crippen molar-refractivity contribution < 1.29 is 19.1 Å². The molecule has 0 fully saturated rings. The number of hydrogen-bond donors (Lipinski definition) is 2. The summed E-state index contributed by atoms with van der Waals surface area (Å²) in [6.45, 7) is 0.172. The van der Waals surface area contributed by atoms with Crippen molar-refractivity contribution >= 4 is 24.3 Å². The van der Waals surface area contributed by atoms with E-state index in [1.165, 1.54) is 7.11 Å². The molecule has 7 heteroatoms. The van der Waals surface area contributed by atoms with E-state index in [1.807, 2.05) is 36.4 Å². The Labute approximate surface area is 159 Å². The molecule has 0 heterocycles. The number of carbonyl (C=O) groups is 2. The zero-order chi connectivity index (χ0) is 18.1. The molecule has 0 aliphatic heterocycles. The van der Waals surface area contributed by atoms with E-state index in [0.29, 0.717) is 18.7 Å². The van der Waals surface area contributed by atoms with E-state index in [4.69, 9.17) is 10.5 Å². The number of benzene rings is 2. The highest BCUT2D eigenvalue weighted by Crippen LogP contribution is 2.13. The summed E-state index contributed by atoms with van der Waals surface area (Å²) in [6, 6.07) is 16.2. The molecular weight excluding hydrogens is 356 g/mol. The Balaban J connectivity index is 0.00000338. The van der Waals surface area contributed by atoms with Crippen LogP contribution in [0, 0.1) is 0 Å². The van der Waals surface area contributed by atoms with Crippen LogP contribution < -0.4 is 15.8 Å². The van der Waals surface area contributed by atoms with Crippen LogP contribution >= 0.6 is 12.4 Å². The smallest absolute Gasteiger partial charge is 0.343 e. The van der Waals surface area contributed by atoms with E-state index in [2.05, 4.69) is 10.1 Å². The maximum Gasteiger partial charge on any atom is 0.343 e. The maximum absolute atomic E-state index is 12.1. The minimum Gasteiger partial charge on any atom is -0.482 e. The molecule has 140 valence electrons. The van der Waals surface area contributed by atoms with Crippen molar-refractivity contribution in [2.45, 2.75) is 19.0 Å². The van der Waals surface area contributed by atoms with Gasteiger partial charge in [0.1, 0.15) is 5.75 Å². The molecule has 0 saturated heterocycles. The van der Waals surface area contributed by atoms with Gasteiger partial charge in [0.15, 0.2) is 6.61 Å². The van der Waals surface area contributed by atoms with Gasteiger partial charge in [-0.15, -0.1) is 12.4 Å². The fourth-order valence-electron chi connectivity index (χ4n) is 2.23. The molecule has 0 aromatic heterocycles. The van der Waals surface area contributed by atoms with Crippen molar-refractivity contribution in [2.75, 3.05) is 13.7 Å². The van der Waals surface area contributed by atoms with Gasteiger partial charge in [0.05, 0.1) is 13.2 Å². The summed E-state index contributed by atoms with van der Waals surface area (Å²) in [4.78, 5) is 23.2. The average Bonchev–Trinajstić information content (AvgIpc) is 2.65. The van der Waals surface area contributed by atoms with Crippen LogP contribution in [0.5, 0.6) is 5.75 Å². The number of amides is 1. The summed E-state index contributed by atoms with van der Waals surface area (Å²) < 4.78 is 9.84. The van der Waals surface area contributed by atoms with Gasteiger partial charge in [-0.2, -0.15) is 0 Å². The first-order valence-corrected chi connectivity index (χ1v) is 7.94. The van der Waals surface area contributed by atoms with E-state index in [-0.39, 0.29) is 24.9 Å². The third-order valence-corrected chi connectivity index (χ3v) is 3.58. The first kappa shape index (κ1) is 21.5. The summed E-state index contributed by atoms with van der Waals surface area (Å²) in [5.41, 5.74) is 7.82. The predicted octanol–water partition coefficient (Wildman–Crippen LogP) is 1.85. The fourth-order valence-corrected chi connectivity index (χ4v) is 2.23. The molecule has 0 unspecified atom stereocenters. The van der Waals surface area contributed by atoms with Gasteiger partial charge in [-0.1, -0.05) is 42.5 Å². The molecular formula is C19H23ClN2O4. The van der Waals surface area contributed by atoms with Crippen molar-refractivity contribution in [2.24, 2.45) is 5.73 Å². The van der Waals surface area contributed by atoms with Crippen LogP contribution in [0.4, 0.5) is 0 Å². The van der Waals surface area contributed by atoms with Crippen molar-refractivity contribution in [3.05, 3.63) is 65.7 Å². The van der Waals surface area contributed by atoms with E-state index in [0.717, 1.165) is 11.1 Å². The van der Waals surface area contributed by atoms with Crippen LogP contribution in [0.2, 0.25) is 0 Å². The maximum atomic E-state index is 12.1. The molecule has 1 amide bonds. The number of halogens is 1. The quantitative estimate of drug-likeness (QED) is 0.684. The molecule has 0 aliphatic rings. The van der Waals surface area contributed by atoms with Gasteiger partial charge in [0.2, 0.25) is 5.91 Å². The lowest BCUT2D eigenvalue weighted by Crippen LogP contribution is -2.41. The molecule has 2 aromatic rings. The first-order valence-electron chi connectivity index (χ1n) is 7.94. The molecule has 3 N–H and O–H groups in total. The number of methoxy groups -OCH3 is 1. The largest absolute Gasteiger partial charge is 0.482 e. The Morgan fingerprint density at radius 3 is 2.46 bits per heavy atom. The number of nitrogens with two attached hydrogens (primary N) is 1. The SMILES string of the molecule is COC(=O)COc1cccc(CNC(=O)[C@@H](N)Cc2ccccc2)c1.Cl. The molecule has 6 nitrogen and oxygen atoms in total. The fraction of sp³-hybridized carbons (Fsp3) is 0.263. The Kier molecular flexibility index (Phi) is 9.19. The Hall–Kier alpha value is -2.57. The number of hydrogen-bond acceptors (Lipinski definition) is 5. The van der Waals surface area contributed by atoms with Crippen LogP contribution in [-0.2, 0) is 27.3 Å². The van der Waals surface area contributed by atoms with Crippen molar-refractivity contribution in [3.8, 4) is 5.75 Å². The standard InChI is InChI=1S/C19H22N2O4.ClH/c1-24-18(22)13-25-16-9-5-8-15(10-16)12-21-19(23)17(20)11-14-6-3-2-4-7-14;/h2-10,17H,11-13,20H2,1H3,(H,21,23);1H/t17-;/m0./s1. The highest BCUT2D eigenvalue weighted by Gasteiger charge is 2.13. The number of nitrogens with one attached hydrogen (secondary N) is 1. The van der Waals surface area contributed by atoms with Gasteiger partial charge in [0, 0.05) is 6.54 Å². The molecule has 0 radical (unpaired) electrons. The molecule has 2 rings (SSSR count). The van der Waals surface area contributed by atoms with E-state index in [1.54, 1.807) is 18.2 Å². The first-order chi connectivity index (χ1) is 12.1. The van der Waals surface area contributed by atoms with Crippen molar-refractivity contribution in [1.82, 2.24) is 5.32 Å². The minimum atomic E-state index is -0.610. The molecule has 0 saturated carbocycles. The third-order valence-electron chi connectivity index (χ3n) is 3.58. The molecule has 1 atom stereocenters. The number of rotatable bonds is 8. The zero-order valence-corrected chi connectivity index (χ0v) is 15.3. The Morgan fingerprint density at radius 2 is 1.77 bits per heavy atom. The summed E-state index contributed by atoms with van der Waals surface area (Å²) >= 11 is 0. The average molecular weight is 379 g/mol. The predicted molar refractivity (Wildman–Crippen MR) is 101 cm³/mol. The lowest BCUT2D eigenvalue weighted by atomic mass is 10.1. The van der Waals surface area contributed by atoms with Gasteiger partial charge < -0.3 is 20.5 Å².